The van der Waals surface area contributed by atoms with Crippen LogP contribution in [0.15, 0.2) is 42.7 Å². The van der Waals surface area contributed by atoms with E-state index >= 15 is 0 Å². The first-order valence-corrected chi connectivity index (χ1v) is 9.72. The number of para-hydroxylation sites is 1. The maximum absolute atomic E-state index is 12.4. The van der Waals surface area contributed by atoms with Gasteiger partial charge in [0.2, 0.25) is 6.79 Å². The van der Waals surface area contributed by atoms with Gasteiger partial charge in [-0.15, -0.1) is 0 Å². The third-order valence-corrected chi connectivity index (χ3v) is 4.74. The predicted octanol–water partition coefficient (Wildman–Crippen LogP) is 2.60. The third-order valence-electron chi connectivity index (χ3n) is 4.74. The van der Waals surface area contributed by atoms with Crippen molar-refractivity contribution in [3.63, 3.8) is 0 Å². The van der Waals surface area contributed by atoms with E-state index in [2.05, 4.69) is 4.98 Å². The van der Waals surface area contributed by atoms with Crippen LogP contribution in [0.2, 0.25) is 5.82 Å². The van der Waals surface area contributed by atoms with Crippen molar-refractivity contribution < 1.29 is 33.5 Å². The van der Waals surface area contributed by atoms with Gasteiger partial charge in [-0.3, -0.25) is 9.78 Å². The Kier molecular flexibility index (Phi) is 7.19. The fraction of sp³-hybridized carbons (Fsp3) is 0.333. The molecule has 0 saturated carbocycles. The molecule has 0 radical (unpaired) electrons. The number of hydrogen-bond acceptors (Lipinski definition) is 8. The summed E-state index contributed by atoms with van der Waals surface area (Å²) in [4.78, 5) is 40.1. The Hall–Kier alpha value is -3.20. The summed E-state index contributed by atoms with van der Waals surface area (Å²) in [5, 5.41) is 10.3. The monoisotopic (exact) mass is 411 g/mol. The van der Waals surface area contributed by atoms with Gasteiger partial charge in [-0.2, -0.15) is 0 Å². The van der Waals surface area contributed by atoms with E-state index in [1.54, 1.807) is 18.2 Å². The lowest BCUT2D eigenvalue weighted by molar-refractivity contribution is -0.119. The summed E-state index contributed by atoms with van der Waals surface area (Å²) in [5.41, 5.74) is 1.06. The molecule has 8 nitrogen and oxygen atoms in total. The lowest BCUT2D eigenvalue weighted by atomic mass is 9.64. The molecule has 0 fully saturated rings. The Bertz CT molecular complexity index is 919. The molecule has 0 spiro atoms. The van der Waals surface area contributed by atoms with E-state index in [0.717, 1.165) is 6.42 Å². The van der Waals surface area contributed by atoms with Crippen LogP contribution in [-0.2, 0) is 20.7 Å². The van der Waals surface area contributed by atoms with Crippen molar-refractivity contribution in [3.8, 4) is 5.75 Å². The molecule has 0 unspecified atom stereocenters. The van der Waals surface area contributed by atoms with Gasteiger partial charge in [0.05, 0.1) is 5.56 Å². The Morgan fingerprint density at radius 3 is 2.73 bits per heavy atom. The quantitative estimate of drug-likeness (QED) is 0.401. The van der Waals surface area contributed by atoms with Crippen LogP contribution in [0.4, 0.5) is 0 Å². The molecule has 0 saturated heterocycles. The van der Waals surface area contributed by atoms with Crippen LogP contribution >= 0.6 is 0 Å². The minimum absolute atomic E-state index is 0.0691. The number of pyridine rings is 1. The highest BCUT2D eigenvalue weighted by Gasteiger charge is 2.37. The number of benzene rings is 1. The minimum atomic E-state index is -1.20. The van der Waals surface area contributed by atoms with Crippen molar-refractivity contribution in [2.45, 2.75) is 38.4 Å². The SMILES string of the molecule is CCCC(=O)C[C@H]1Cc2cccc(C(=O)OCOC(=O)c3cccnc3)c2OB1O. The van der Waals surface area contributed by atoms with E-state index in [1.165, 1.54) is 24.5 Å². The number of carbonyl (C=O) groups excluding carboxylic acids is 3. The van der Waals surface area contributed by atoms with E-state index in [1.807, 2.05) is 6.92 Å². The van der Waals surface area contributed by atoms with Crippen LogP contribution in [0.5, 0.6) is 5.75 Å². The van der Waals surface area contributed by atoms with E-state index in [-0.39, 0.29) is 34.9 Å². The summed E-state index contributed by atoms with van der Waals surface area (Å²) >= 11 is 0. The van der Waals surface area contributed by atoms with Gasteiger partial charge in [0.1, 0.15) is 17.1 Å². The van der Waals surface area contributed by atoms with Crippen LogP contribution in [0, 0.1) is 0 Å². The number of hydrogen-bond donors (Lipinski definition) is 1. The molecule has 0 aliphatic carbocycles. The lowest BCUT2D eigenvalue weighted by Crippen LogP contribution is -2.36. The average Bonchev–Trinajstić information content (AvgIpc) is 2.74. The second kappa shape index (κ2) is 10.0. The number of carbonyl (C=O) groups is 3. The lowest BCUT2D eigenvalue weighted by Gasteiger charge is -2.28. The molecule has 1 aromatic heterocycles. The molecular formula is C21H22BNO7. The summed E-state index contributed by atoms with van der Waals surface area (Å²) in [5.74, 6) is -1.51. The maximum Gasteiger partial charge on any atom is 0.526 e. The number of ether oxygens (including phenoxy) is 2. The normalized spacial score (nSPS) is 15.0. The second-order valence-electron chi connectivity index (χ2n) is 6.98. The van der Waals surface area contributed by atoms with Crippen molar-refractivity contribution >= 4 is 24.8 Å². The van der Waals surface area contributed by atoms with Gasteiger partial charge in [0.25, 0.3) is 0 Å². The molecule has 1 aliphatic rings. The summed E-state index contributed by atoms with van der Waals surface area (Å²) < 4.78 is 15.5. The van der Waals surface area contributed by atoms with Crippen LogP contribution in [0.3, 0.4) is 0 Å². The highest BCUT2D eigenvalue weighted by Crippen LogP contribution is 2.36. The summed E-state index contributed by atoms with van der Waals surface area (Å²) in [6.45, 7) is 1.35. The summed E-state index contributed by atoms with van der Waals surface area (Å²) in [6, 6.07) is 8.06. The van der Waals surface area contributed by atoms with Gasteiger partial charge in [-0.05, 0) is 36.6 Å². The van der Waals surface area contributed by atoms with E-state index in [0.29, 0.717) is 18.4 Å². The average molecular weight is 411 g/mol. The Morgan fingerprint density at radius 2 is 2.00 bits per heavy atom. The molecular weight excluding hydrogens is 389 g/mol. The van der Waals surface area contributed by atoms with Crippen molar-refractivity contribution in [2.75, 3.05) is 6.79 Å². The molecule has 3 rings (SSSR count). The molecule has 1 atom stereocenters. The first-order valence-electron chi connectivity index (χ1n) is 9.72. The predicted molar refractivity (Wildman–Crippen MR) is 107 cm³/mol. The van der Waals surface area contributed by atoms with Crippen LogP contribution in [0.1, 0.15) is 52.5 Å². The van der Waals surface area contributed by atoms with Crippen molar-refractivity contribution in [1.29, 1.82) is 0 Å². The van der Waals surface area contributed by atoms with Gasteiger partial charge in [0.15, 0.2) is 0 Å². The smallest absolute Gasteiger partial charge is 0.526 e. The topological polar surface area (TPSA) is 112 Å². The zero-order valence-electron chi connectivity index (χ0n) is 16.6. The van der Waals surface area contributed by atoms with Gasteiger partial charge >= 0.3 is 19.1 Å². The zero-order chi connectivity index (χ0) is 21.5. The molecule has 2 heterocycles. The first-order chi connectivity index (χ1) is 14.5. The fourth-order valence-corrected chi connectivity index (χ4v) is 3.27. The number of aromatic nitrogens is 1. The van der Waals surface area contributed by atoms with Crippen LogP contribution in [-0.4, -0.2) is 41.6 Å². The molecule has 9 heteroatoms. The van der Waals surface area contributed by atoms with Gasteiger partial charge in [-0.1, -0.05) is 19.1 Å². The van der Waals surface area contributed by atoms with Crippen molar-refractivity contribution in [1.82, 2.24) is 4.98 Å². The Balaban J connectivity index is 1.62. The molecule has 30 heavy (non-hydrogen) atoms. The van der Waals surface area contributed by atoms with Crippen LogP contribution in [0.25, 0.3) is 0 Å². The van der Waals surface area contributed by atoms with Gasteiger partial charge in [0, 0.05) is 31.1 Å². The Morgan fingerprint density at radius 1 is 1.20 bits per heavy atom. The number of nitrogens with zero attached hydrogens (tertiary/aromatic N) is 1. The van der Waals surface area contributed by atoms with Crippen LogP contribution < -0.4 is 4.65 Å². The molecule has 1 aliphatic heterocycles. The molecule has 0 bridgehead atoms. The summed E-state index contributed by atoms with van der Waals surface area (Å²) in [6.07, 6.45) is 4.69. The second-order valence-corrected chi connectivity index (χ2v) is 6.98. The molecule has 2 aromatic rings. The highest BCUT2D eigenvalue weighted by molar-refractivity contribution is 6.47. The van der Waals surface area contributed by atoms with E-state index in [9.17, 15) is 19.4 Å². The molecule has 1 N–H and O–H groups in total. The largest absolute Gasteiger partial charge is 0.535 e. The van der Waals surface area contributed by atoms with E-state index in [4.69, 9.17) is 14.1 Å². The number of fused-ring (bicyclic) bond motifs is 1. The first kappa shape index (κ1) is 21.5. The number of ketones is 1. The van der Waals surface area contributed by atoms with Gasteiger partial charge < -0.3 is 19.2 Å². The van der Waals surface area contributed by atoms with Gasteiger partial charge in [-0.25, -0.2) is 9.59 Å². The summed E-state index contributed by atoms with van der Waals surface area (Å²) in [7, 11) is -1.20. The fourth-order valence-electron chi connectivity index (χ4n) is 3.27. The third kappa shape index (κ3) is 5.24. The Labute approximate surface area is 174 Å². The zero-order valence-corrected chi connectivity index (χ0v) is 16.6. The molecule has 0 amide bonds. The van der Waals surface area contributed by atoms with E-state index < -0.39 is 25.8 Å². The number of Topliss-reactive ketones (excluding diaryl/α,β-unsaturated/α-hetero) is 1. The van der Waals surface area contributed by atoms with Crippen molar-refractivity contribution in [2.24, 2.45) is 0 Å². The molecule has 156 valence electrons. The van der Waals surface area contributed by atoms with Crippen molar-refractivity contribution in [3.05, 3.63) is 59.4 Å². The molecule has 1 aromatic carbocycles. The standard InChI is InChI=1S/C21H22BNO7/c1-2-5-17(24)11-16-10-14-6-3-8-18(19(14)30-22(16)27)21(26)29-13-28-20(25)15-7-4-9-23-12-15/h3-4,6-9,12,16,27H,2,5,10-11,13H2,1H3/t16-/m1/s1. The number of esters is 2. The number of rotatable bonds is 8. The maximum atomic E-state index is 12.4. The highest BCUT2D eigenvalue weighted by atomic mass is 16.7. The minimum Gasteiger partial charge on any atom is -0.535 e.